The third-order valence-corrected chi connectivity index (χ3v) is 7.15. The number of rotatable bonds is 5. The maximum atomic E-state index is 14.0. The van der Waals surface area contributed by atoms with Gasteiger partial charge >= 0.3 is 0 Å². The van der Waals surface area contributed by atoms with Crippen molar-refractivity contribution < 1.29 is 14.3 Å². The number of halogens is 3. The molecule has 0 spiro atoms. The molecule has 5 rings (SSSR count). The Balaban J connectivity index is 1.43. The number of carbonyl (C=O) groups is 1. The van der Waals surface area contributed by atoms with Crippen LogP contribution in [0.1, 0.15) is 45.4 Å². The standard InChI is InChI=1S/C25H22BrClFN3O2/c26-16-10-19-22(23(30-24(19)32)18-12-17(28)6-7-20(18)27)21(11-16)29-25(33)31-9-8-15(13-31)14-4-2-1-3-5-14/h1-7,10-12,15,23,25,29,33H,8-9,13H2,(H,30,32). The van der Waals surface area contributed by atoms with Crippen LogP contribution in [0, 0.1) is 5.82 Å². The number of amides is 1. The maximum Gasteiger partial charge on any atom is 0.252 e. The van der Waals surface area contributed by atoms with E-state index in [1.807, 2.05) is 29.2 Å². The van der Waals surface area contributed by atoms with Crippen molar-refractivity contribution in [3.05, 3.63) is 98.2 Å². The Hall–Kier alpha value is -2.45. The Morgan fingerprint density at radius 1 is 1.18 bits per heavy atom. The normalized spacial score (nSPS) is 21.0. The van der Waals surface area contributed by atoms with Gasteiger partial charge in [-0.15, -0.1) is 0 Å². The third-order valence-electron chi connectivity index (χ3n) is 6.34. The molecule has 0 aromatic heterocycles. The molecule has 0 saturated carbocycles. The van der Waals surface area contributed by atoms with E-state index >= 15 is 0 Å². The molecule has 3 N–H and O–H groups in total. The van der Waals surface area contributed by atoms with E-state index in [0.717, 1.165) is 13.0 Å². The minimum absolute atomic E-state index is 0.278. The zero-order valence-corrected chi connectivity index (χ0v) is 19.9. The Morgan fingerprint density at radius 2 is 1.97 bits per heavy atom. The molecule has 3 aromatic rings. The van der Waals surface area contributed by atoms with Crippen molar-refractivity contribution in [2.45, 2.75) is 24.7 Å². The first kappa shape index (κ1) is 22.3. The summed E-state index contributed by atoms with van der Waals surface area (Å²) in [5.41, 5.74) is 3.39. The van der Waals surface area contributed by atoms with E-state index in [4.69, 9.17) is 11.6 Å². The molecule has 2 aliphatic heterocycles. The molecular weight excluding hydrogens is 509 g/mol. The molecule has 0 aliphatic carbocycles. The summed E-state index contributed by atoms with van der Waals surface area (Å²) in [6.07, 6.45) is -0.00239. The Kier molecular flexibility index (Phi) is 6.14. The van der Waals surface area contributed by atoms with Gasteiger partial charge in [-0.05, 0) is 48.2 Å². The van der Waals surface area contributed by atoms with E-state index in [0.29, 0.717) is 44.3 Å². The van der Waals surface area contributed by atoms with Crippen LogP contribution in [0.15, 0.2) is 65.1 Å². The van der Waals surface area contributed by atoms with Crippen LogP contribution in [0.3, 0.4) is 0 Å². The van der Waals surface area contributed by atoms with Crippen molar-refractivity contribution >= 4 is 39.1 Å². The predicted octanol–water partition coefficient (Wildman–Crippen LogP) is 5.25. The van der Waals surface area contributed by atoms with Gasteiger partial charge in [0, 0.05) is 45.0 Å². The molecule has 1 saturated heterocycles. The number of benzene rings is 3. The molecule has 3 atom stereocenters. The second kappa shape index (κ2) is 9.06. The Labute approximate surface area is 204 Å². The van der Waals surface area contributed by atoms with E-state index < -0.39 is 18.2 Å². The average molecular weight is 531 g/mol. The number of aliphatic hydroxyl groups excluding tert-OH is 1. The van der Waals surface area contributed by atoms with E-state index in [-0.39, 0.29) is 5.91 Å². The van der Waals surface area contributed by atoms with Crippen LogP contribution in [0.4, 0.5) is 10.1 Å². The lowest BCUT2D eigenvalue weighted by molar-refractivity contribution is 0.0435. The molecular formula is C25H22BrClFN3O2. The number of carbonyl (C=O) groups excluding carboxylic acids is 1. The van der Waals surface area contributed by atoms with Crippen molar-refractivity contribution in [3.63, 3.8) is 0 Å². The summed E-state index contributed by atoms with van der Waals surface area (Å²) in [6, 6.07) is 17.3. The number of nitrogens with zero attached hydrogens (tertiary/aromatic N) is 1. The van der Waals surface area contributed by atoms with Crippen molar-refractivity contribution in [2.24, 2.45) is 0 Å². The fourth-order valence-electron chi connectivity index (χ4n) is 4.72. The highest BCUT2D eigenvalue weighted by atomic mass is 79.9. The van der Waals surface area contributed by atoms with E-state index in [9.17, 15) is 14.3 Å². The van der Waals surface area contributed by atoms with Gasteiger partial charge in [-0.25, -0.2) is 4.39 Å². The van der Waals surface area contributed by atoms with Gasteiger partial charge in [-0.1, -0.05) is 57.9 Å². The van der Waals surface area contributed by atoms with Crippen LogP contribution in [0.25, 0.3) is 0 Å². The van der Waals surface area contributed by atoms with Gasteiger partial charge in [0.05, 0.1) is 6.04 Å². The average Bonchev–Trinajstić information content (AvgIpc) is 3.42. The molecule has 1 fully saturated rings. The summed E-state index contributed by atoms with van der Waals surface area (Å²) >= 11 is 9.81. The van der Waals surface area contributed by atoms with Gasteiger partial charge in [0.15, 0.2) is 6.35 Å². The lowest BCUT2D eigenvalue weighted by atomic mass is 9.96. The largest absolute Gasteiger partial charge is 0.361 e. The number of hydrogen-bond acceptors (Lipinski definition) is 4. The van der Waals surface area contributed by atoms with Crippen molar-refractivity contribution in [3.8, 4) is 0 Å². The Morgan fingerprint density at radius 3 is 2.76 bits per heavy atom. The third kappa shape index (κ3) is 4.38. The van der Waals surface area contributed by atoms with Gasteiger partial charge in [0.25, 0.3) is 5.91 Å². The summed E-state index contributed by atoms with van der Waals surface area (Å²) in [5.74, 6) is -0.370. The van der Waals surface area contributed by atoms with Gasteiger partial charge in [-0.3, -0.25) is 9.69 Å². The molecule has 2 heterocycles. The van der Waals surface area contributed by atoms with Crippen LogP contribution in [-0.2, 0) is 0 Å². The summed E-state index contributed by atoms with van der Waals surface area (Å²) < 4.78 is 14.7. The molecule has 8 heteroatoms. The first-order valence-corrected chi connectivity index (χ1v) is 11.9. The number of hydrogen-bond donors (Lipinski definition) is 3. The zero-order chi connectivity index (χ0) is 23.1. The number of likely N-dealkylation sites (tertiary alicyclic amines) is 1. The van der Waals surface area contributed by atoms with Crippen LogP contribution in [-0.4, -0.2) is 35.4 Å². The molecule has 5 nitrogen and oxygen atoms in total. The van der Waals surface area contributed by atoms with Gasteiger partial charge in [0.1, 0.15) is 5.82 Å². The summed E-state index contributed by atoms with van der Waals surface area (Å²) in [7, 11) is 0. The van der Waals surface area contributed by atoms with Crippen LogP contribution < -0.4 is 10.6 Å². The first-order valence-electron chi connectivity index (χ1n) is 10.7. The topological polar surface area (TPSA) is 64.6 Å². The molecule has 2 aliphatic rings. The molecule has 3 aromatic carbocycles. The number of anilines is 1. The molecule has 3 unspecified atom stereocenters. The molecule has 33 heavy (non-hydrogen) atoms. The smallest absolute Gasteiger partial charge is 0.252 e. The summed E-state index contributed by atoms with van der Waals surface area (Å²) in [6.45, 7) is 1.45. The first-order chi connectivity index (χ1) is 15.9. The fourth-order valence-corrected chi connectivity index (χ4v) is 5.41. The Bertz CT molecular complexity index is 1210. The quantitative estimate of drug-likeness (QED) is 0.394. The minimum Gasteiger partial charge on any atom is -0.361 e. The lowest BCUT2D eigenvalue weighted by Gasteiger charge is -2.27. The molecule has 170 valence electrons. The van der Waals surface area contributed by atoms with Crippen molar-refractivity contribution in [1.82, 2.24) is 10.2 Å². The SMILES string of the molecule is O=C1NC(c2cc(F)ccc2Cl)c2c(NC(O)N3CCC(c4ccccc4)C3)cc(Br)cc21. The van der Waals surface area contributed by atoms with Crippen LogP contribution in [0.5, 0.6) is 0 Å². The van der Waals surface area contributed by atoms with Crippen LogP contribution in [0.2, 0.25) is 5.02 Å². The van der Waals surface area contributed by atoms with Gasteiger partial charge in [-0.2, -0.15) is 0 Å². The lowest BCUT2D eigenvalue weighted by Crippen LogP contribution is -2.39. The molecule has 0 bridgehead atoms. The summed E-state index contributed by atoms with van der Waals surface area (Å²) in [5, 5.41) is 17.4. The maximum absolute atomic E-state index is 14.0. The second-order valence-corrected chi connectivity index (χ2v) is 9.72. The van der Waals surface area contributed by atoms with E-state index in [1.54, 1.807) is 6.07 Å². The highest BCUT2D eigenvalue weighted by Crippen LogP contribution is 2.41. The predicted molar refractivity (Wildman–Crippen MR) is 130 cm³/mol. The highest BCUT2D eigenvalue weighted by Gasteiger charge is 2.35. The van der Waals surface area contributed by atoms with Crippen LogP contribution >= 0.6 is 27.5 Å². The second-order valence-electron chi connectivity index (χ2n) is 8.40. The van der Waals surface area contributed by atoms with Gasteiger partial charge in [0.2, 0.25) is 0 Å². The zero-order valence-electron chi connectivity index (χ0n) is 17.6. The van der Waals surface area contributed by atoms with E-state index in [2.05, 4.69) is 38.7 Å². The number of aliphatic hydroxyl groups is 1. The highest BCUT2D eigenvalue weighted by molar-refractivity contribution is 9.10. The fraction of sp³-hybridized carbons (Fsp3) is 0.240. The molecule has 0 radical (unpaired) electrons. The molecule has 1 amide bonds. The van der Waals surface area contributed by atoms with E-state index in [1.165, 1.54) is 23.8 Å². The minimum atomic E-state index is -0.948. The van der Waals surface area contributed by atoms with Crippen molar-refractivity contribution in [1.29, 1.82) is 0 Å². The monoisotopic (exact) mass is 529 g/mol. The summed E-state index contributed by atoms with van der Waals surface area (Å²) in [4.78, 5) is 14.7. The van der Waals surface area contributed by atoms with Gasteiger partial charge < -0.3 is 15.7 Å². The number of fused-ring (bicyclic) bond motifs is 1. The number of nitrogens with one attached hydrogen (secondary N) is 2. The van der Waals surface area contributed by atoms with Crippen molar-refractivity contribution in [2.75, 3.05) is 18.4 Å².